The van der Waals surface area contributed by atoms with Gasteiger partial charge >= 0.3 is 0 Å². The summed E-state index contributed by atoms with van der Waals surface area (Å²) in [4.78, 5) is 9.81. The number of imidazole rings is 2. The molecule has 6 heteroatoms. The SMILES string of the molecule is c1ccc(-c2cccc(-n3c4ccccc4c4c5c6c(cc43)-n3cnc4cccc(c43)B6c3cccc4ncn-5c34)c2)cc1. The summed E-state index contributed by atoms with van der Waals surface area (Å²) in [5.41, 5.74) is 16.6. The van der Waals surface area contributed by atoms with E-state index in [-0.39, 0.29) is 6.71 Å². The molecule has 0 N–H and O–H groups in total. The van der Waals surface area contributed by atoms with Gasteiger partial charge in [-0.25, -0.2) is 9.97 Å². The molecule has 9 aromatic rings. The van der Waals surface area contributed by atoms with Crippen LogP contribution in [0.4, 0.5) is 0 Å². The van der Waals surface area contributed by atoms with E-state index in [1.165, 1.54) is 71.7 Å². The van der Waals surface area contributed by atoms with E-state index in [2.05, 4.69) is 135 Å². The minimum Gasteiger partial charge on any atom is -0.309 e. The highest BCUT2D eigenvalue weighted by Crippen LogP contribution is 2.40. The lowest BCUT2D eigenvalue weighted by atomic mass is 9.34. The summed E-state index contributed by atoms with van der Waals surface area (Å²) < 4.78 is 7.09. The van der Waals surface area contributed by atoms with Crippen LogP contribution < -0.4 is 16.4 Å². The smallest absolute Gasteiger partial charge is 0.252 e. The summed E-state index contributed by atoms with van der Waals surface area (Å²) >= 11 is 0. The molecule has 3 aromatic heterocycles. The van der Waals surface area contributed by atoms with E-state index in [9.17, 15) is 0 Å². The third-order valence-electron chi connectivity index (χ3n) is 9.77. The first-order valence-electron chi connectivity index (χ1n) is 15.0. The van der Waals surface area contributed by atoms with Gasteiger partial charge in [-0.05, 0) is 63.9 Å². The third kappa shape index (κ3) is 2.67. The molecule has 44 heavy (non-hydrogen) atoms. The van der Waals surface area contributed by atoms with Crippen molar-refractivity contribution in [1.82, 2.24) is 23.7 Å². The van der Waals surface area contributed by atoms with Gasteiger partial charge in [-0.2, -0.15) is 0 Å². The van der Waals surface area contributed by atoms with Crippen molar-refractivity contribution >= 4 is 67.0 Å². The van der Waals surface area contributed by atoms with Crippen LogP contribution in [0.5, 0.6) is 0 Å². The van der Waals surface area contributed by atoms with E-state index in [0.717, 1.165) is 16.7 Å². The number of benzene rings is 6. The van der Waals surface area contributed by atoms with Gasteiger partial charge in [-0.15, -0.1) is 0 Å². The lowest BCUT2D eigenvalue weighted by molar-refractivity contribution is 1.07. The minimum absolute atomic E-state index is 0.0914. The summed E-state index contributed by atoms with van der Waals surface area (Å²) in [5, 5.41) is 2.49. The predicted molar refractivity (Wildman–Crippen MR) is 180 cm³/mol. The topological polar surface area (TPSA) is 40.6 Å². The van der Waals surface area contributed by atoms with Crippen molar-refractivity contribution in [2.24, 2.45) is 0 Å². The molecule has 0 atom stereocenters. The van der Waals surface area contributed by atoms with E-state index in [4.69, 9.17) is 9.97 Å². The zero-order valence-electron chi connectivity index (χ0n) is 23.5. The largest absolute Gasteiger partial charge is 0.309 e. The number of fused-ring (bicyclic) bond motifs is 8. The Labute approximate surface area is 252 Å². The molecule has 0 radical (unpaired) electrons. The Kier molecular flexibility index (Phi) is 4.09. The van der Waals surface area contributed by atoms with Crippen LogP contribution in [-0.2, 0) is 0 Å². The lowest BCUT2D eigenvalue weighted by Gasteiger charge is -2.33. The van der Waals surface area contributed by atoms with Gasteiger partial charge in [0.05, 0.1) is 38.8 Å². The van der Waals surface area contributed by atoms with Gasteiger partial charge in [0.15, 0.2) is 0 Å². The number of rotatable bonds is 2. The lowest BCUT2D eigenvalue weighted by Crippen LogP contribution is -2.59. The average Bonchev–Trinajstić information content (AvgIpc) is 3.80. The summed E-state index contributed by atoms with van der Waals surface area (Å²) in [6, 6.07) is 43.9. The van der Waals surface area contributed by atoms with Gasteiger partial charge < -0.3 is 4.57 Å². The van der Waals surface area contributed by atoms with Crippen LogP contribution in [0, 0.1) is 0 Å². The molecule has 0 bridgehead atoms. The van der Waals surface area contributed by atoms with Gasteiger partial charge in [-0.1, -0.05) is 84.9 Å². The Morgan fingerprint density at radius 2 is 1.23 bits per heavy atom. The van der Waals surface area contributed by atoms with E-state index in [1.54, 1.807) is 0 Å². The van der Waals surface area contributed by atoms with Crippen LogP contribution in [0.1, 0.15) is 0 Å². The highest BCUT2D eigenvalue weighted by atomic mass is 15.1. The Morgan fingerprint density at radius 3 is 2.05 bits per heavy atom. The number of aromatic nitrogens is 5. The number of para-hydroxylation sites is 3. The average molecular weight is 559 g/mol. The molecule has 202 valence electrons. The molecule has 6 aromatic carbocycles. The molecule has 5 nitrogen and oxygen atoms in total. The maximum absolute atomic E-state index is 4.93. The number of hydrogen-bond donors (Lipinski definition) is 0. The van der Waals surface area contributed by atoms with Crippen LogP contribution in [0.2, 0.25) is 0 Å². The molecule has 0 amide bonds. The Bertz CT molecular complexity index is 2680. The van der Waals surface area contributed by atoms with Crippen molar-refractivity contribution in [3.05, 3.63) is 134 Å². The van der Waals surface area contributed by atoms with Crippen molar-refractivity contribution in [3.8, 4) is 28.2 Å². The first-order chi connectivity index (χ1) is 21.8. The van der Waals surface area contributed by atoms with Crippen LogP contribution in [0.3, 0.4) is 0 Å². The molecule has 0 aliphatic carbocycles. The van der Waals surface area contributed by atoms with E-state index in [1.807, 2.05) is 12.7 Å². The van der Waals surface area contributed by atoms with Crippen LogP contribution in [-0.4, -0.2) is 30.4 Å². The zero-order valence-corrected chi connectivity index (χ0v) is 23.5. The molecule has 0 unspecified atom stereocenters. The second-order valence-corrected chi connectivity index (χ2v) is 11.9. The molecule has 2 aliphatic heterocycles. The highest BCUT2D eigenvalue weighted by Gasteiger charge is 2.41. The van der Waals surface area contributed by atoms with E-state index in [0.29, 0.717) is 0 Å². The molecule has 0 saturated carbocycles. The molecular weight excluding hydrogens is 537 g/mol. The van der Waals surface area contributed by atoms with Gasteiger partial charge in [0, 0.05) is 22.1 Å². The summed E-state index contributed by atoms with van der Waals surface area (Å²) in [7, 11) is 0. The van der Waals surface area contributed by atoms with Crippen molar-refractivity contribution in [2.75, 3.05) is 0 Å². The quantitative estimate of drug-likeness (QED) is 0.234. The van der Waals surface area contributed by atoms with Crippen molar-refractivity contribution in [3.63, 3.8) is 0 Å². The highest BCUT2D eigenvalue weighted by molar-refractivity contribution is 7.00. The van der Waals surface area contributed by atoms with Gasteiger partial charge in [-0.3, -0.25) is 9.13 Å². The van der Waals surface area contributed by atoms with Crippen LogP contribution >= 0.6 is 0 Å². The number of nitrogens with zero attached hydrogens (tertiary/aromatic N) is 5. The van der Waals surface area contributed by atoms with E-state index < -0.39 is 0 Å². The molecule has 0 saturated heterocycles. The van der Waals surface area contributed by atoms with Gasteiger partial charge in [0.25, 0.3) is 6.71 Å². The van der Waals surface area contributed by atoms with Crippen molar-refractivity contribution in [2.45, 2.75) is 0 Å². The molecular formula is C38H22BN5. The minimum atomic E-state index is 0.0914. The van der Waals surface area contributed by atoms with Crippen LogP contribution in [0.15, 0.2) is 134 Å². The fraction of sp³-hybridized carbons (Fsp3) is 0. The van der Waals surface area contributed by atoms with Gasteiger partial charge in [0.2, 0.25) is 0 Å². The maximum atomic E-state index is 4.93. The Hall–Kier alpha value is -5.88. The van der Waals surface area contributed by atoms with Gasteiger partial charge in [0.1, 0.15) is 12.7 Å². The normalized spacial score (nSPS) is 13.0. The molecule has 2 aliphatic rings. The predicted octanol–water partition coefficient (Wildman–Crippen LogP) is 6.27. The number of hydrogen-bond acceptors (Lipinski definition) is 2. The third-order valence-corrected chi connectivity index (χ3v) is 9.77. The van der Waals surface area contributed by atoms with E-state index >= 15 is 0 Å². The second kappa shape index (κ2) is 7.94. The monoisotopic (exact) mass is 559 g/mol. The molecule has 0 fully saturated rings. The summed E-state index contributed by atoms with van der Waals surface area (Å²) in [5.74, 6) is 0. The fourth-order valence-corrected chi connectivity index (χ4v) is 8.06. The second-order valence-electron chi connectivity index (χ2n) is 11.9. The van der Waals surface area contributed by atoms with Crippen molar-refractivity contribution < 1.29 is 0 Å². The Morgan fingerprint density at radius 1 is 0.545 bits per heavy atom. The first kappa shape index (κ1) is 22.7. The summed E-state index contributed by atoms with van der Waals surface area (Å²) in [6.45, 7) is 0.0914. The maximum Gasteiger partial charge on any atom is 0.252 e. The van der Waals surface area contributed by atoms with Crippen molar-refractivity contribution in [1.29, 1.82) is 0 Å². The van der Waals surface area contributed by atoms with Crippen LogP contribution in [0.25, 0.3) is 72.1 Å². The molecule has 5 heterocycles. The Balaban J connectivity index is 1.35. The standard InChI is InChI=1S/C38H22BN5/c1-2-9-23(10-3-1)24-11-6-12-25(19-24)44-31-18-5-4-13-26(31)34-32(44)20-33-35-38(34)43-22-41-30-17-8-15-28(37(30)43)39(35)27-14-7-16-29-36(27)42(33)21-40-29/h1-22H. The fourth-order valence-electron chi connectivity index (χ4n) is 8.06. The summed E-state index contributed by atoms with van der Waals surface area (Å²) in [6.07, 6.45) is 4.02. The zero-order chi connectivity index (χ0) is 28.5. The first-order valence-corrected chi connectivity index (χ1v) is 15.0. The molecule has 0 spiro atoms. The molecule has 11 rings (SSSR count).